The van der Waals surface area contributed by atoms with Crippen molar-refractivity contribution in [1.82, 2.24) is 9.55 Å². The molecule has 16 heavy (non-hydrogen) atoms. The molecule has 0 saturated heterocycles. The summed E-state index contributed by atoms with van der Waals surface area (Å²) in [6.45, 7) is 3.95. The molecule has 1 aromatic heterocycles. The molecule has 4 heteroatoms. The van der Waals surface area contributed by atoms with Gasteiger partial charge in [0.15, 0.2) is 4.77 Å². The molecule has 0 amide bonds. The molecule has 0 aliphatic heterocycles. The monoisotopic (exact) mass is 236 g/mol. The molecule has 1 aromatic carbocycles. The number of H-pyrrole nitrogens is 1. The predicted molar refractivity (Wildman–Crippen MR) is 65.0 cm³/mol. The molecule has 0 fully saturated rings. The van der Waals surface area contributed by atoms with E-state index in [1.807, 2.05) is 20.0 Å². The first-order chi connectivity index (χ1) is 7.63. The highest BCUT2D eigenvalue weighted by atomic mass is 32.1. The van der Waals surface area contributed by atoms with Gasteiger partial charge in [0, 0.05) is 11.9 Å². The summed E-state index contributed by atoms with van der Waals surface area (Å²) in [7, 11) is 0. The lowest BCUT2D eigenvalue weighted by molar-refractivity contribution is 0.614. The average molecular weight is 236 g/mol. The molecule has 2 nitrogen and oxygen atoms in total. The van der Waals surface area contributed by atoms with Crippen molar-refractivity contribution in [3.63, 3.8) is 0 Å². The lowest BCUT2D eigenvalue weighted by Gasteiger charge is -2.08. The lowest BCUT2D eigenvalue weighted by atomic mass is 10.2. The number of nitrogens with zero attached hydrogens (tertiary/aromatic N) is 1. The number of imidazole rings is 1. The molecule has 0 spiro atoms. The van der Waals surface area contributed by atoms with Crippen LogP contribution in [0.2, 0.25) is 0 Å². The van der Waals surface area contributed by atoms with E-state index in [1.165, 1.54) is 6.07 Å². The molecule has 0 atom stereocenters. The van der Waals surface area contributed by atoms with Gasteiger partial charge in [-0.2, -0.15) is 0 Å². The van der Waals surface area contributed by atoms with E-state index in [9.17, 15) is 4.39 Å². The zero-order chi connectivity index (χ0) is 11.7. The molecule has 1 N–H and O–H groups in total. The Morgan fingerprint density at radius 1 is 1.44 bits per heavy atom. The predicted octanol–water partition coefficient (Wildman–Crippen LogP) is 3.54. The van der Waals surface area contributed by atoms with E-state index < -0.39 is 0 Å². The van der Waals surface area contributed by atoms with Crippen molar-refractivity contribution in [2.75, 3.05) is 0 Å². The number of nitrogens with one attached hydrogen (secondary N) is 1. The summed E-state index contributed by atoms with van der Waals surface area (Å²) in [6.07, 6.45) is 2.63. The quantitative estimate of drug-likeness (QED) is 0.791. The number of aromatic amines is 1. The molecule has 1 heterocycles. The Labute approximate surface area is 98.7 Å². The van der Waals surface area contributed by atoms with Gasteiger partial charge < -0.3 is 4.98 Å². The Morgan fingerprint density at radius 2 is 2.19 bits per heavy atom. The summed E-state index contributed by atoms with van der Waals surface area (Å²) in [5.74, 6) is -0.254. The SMILES string of the molecule is CCc1c[nH]c(=S)n1-c1cc(C)ccc1F. The summed E-state index contributed by atoms with van der Waals surface area (Å²) in [6, 6.07) is 5.03. The van der Waals surface area contributed by atoms with Gasteiger partial charge in [0.05, 0.1) is 5.69 Å². The molecule has 2 rings (SSSR count). The zero-order valence-electron chi connectivity index (χ0n) is 9.25. The summed E-state index contributed by atoms with van der Waals surface area (Å²) in [5.41, 5.74) is 2.51. The minimum atomic E-state index is -0.254. The number of aryl methyl sites for hydroxylation is 2. The van der Waals surface area contributed by atoms with Crippen LogP contribution in [0.15, 0.2) is 24.4 Å². The van der Waals surface area contributed by atoms with Gasteiger partial charge in [-0.25, -0.2) is 4.39 Å². The number of halogens is 1. The van der Waals surface area contributed by atoms with Crippen molar-refractivity contribution < 1.29 is 4.39 Å². The Morgan fingerprint density at radius 3 is 2.88 bits per heavy atom. The first-order valence-electron chi connectivity index (χ1n) is 5.19. The lowest BCUT2D eigenvalue weighted by Crippen LogP contribution is -2.02. The van der Waals surface area contributed by atoms with Gasteiger partial charge in [0.2, 0.25) is 0 Å². The van der Waals surface area contributed by atoms with E-state index >= 15 is 0 Å². The number of hydrogen-bond acceptors (Lipinski definition) is 1. The molecule has 0 unspecified atom stereocenters. The third kappa shape index (κ3) is 1.80. The van der Waals surface area contributed by atoms with E-state index in [1.54, 1.807) is 16.7 Å². The number of hydrogen-bond donors (Lipinski definition) is 1. The van der Waals surface area contributed by atoms with Crippen LogP contribution in [0.5, 0.6) is 0 Å². The fourth-order valence-electron chi connectivity index (χ4n) is 1.72. The van der Waals surface area contributed by atoms with Crippen LogP contribution in [0.3, 0.4) is 0 Å². The number of aromatic nitrogens is 2. The van der Waals surface area contributed by atoms with E-state index in [2.05, 4.69) is 4.98 Å². The maximum absolute atomic E-state index is 13.7. The highest BCUT2D eigenvalue weighted by Crippen LogP contribution is 2.18. The summed E-state index contributed by atoms with van der Waals surface area (Å²) < 4.78 is 16.0. The molecule has 84 valence electrons. The number of rotatable bonds is 2. The third-order valence-electron chi connectivity index (χ3n) is 2.56. The van der Waals surface area contributed by atoms with Gasteiger partial charge >= 0.3 is 0 Å². The normalized spacial score (nSPS) is 10.7. The molecule has 0 aliphatic carbocycles. The largest absolute Gasteiger partial charge is 0.337 e. The molecular formula is C12H13FN2S. The smallest absolute Gasteiger partial charge is 0.182 e. The highest BCUT2D eigenvalue weighted by molar-refractivity contribution is 7.71. The maximum atomic E-state index is 13.7. The van der Waals surface area contributed by atoms with E-state index in [0.717, 1.165) is 17.7 Å². The van der Waals surface area contributed by atoms with E-state index in [4.69, 9.17) is 12.2 Å². The minimum Gasteiger partial charge on any atom is -0.337 e. The average Bonchev–Trinajstić information content (AvgIpc) is 2.63. The van der Waals surface area contributed by atoms with Crippen LogP contribution >= 0.6 is 12.2 Å². The topological polar surface area (TPSA) is 20.7 Å². The molecular weight excluding hydrogens is 223 g/mol. The Hall–Kier alpha value is -1.42. The van der Waals surface area contributed by atoms with Crippen molar-refractivity contribution in [3.05, 3.63) is 46.2 Å². The van der Waals surface area contributed by atoms with Gasteiger partial charge in [-0.05, 0) is 43.3 Å². The summed E-state index contributed by atoms with van der Waals surface area (Å²) in [4.78, 5) is 2.94. The van der Waals surface area contributed by atoms with Gasteiger partial charge in [0.25, 0.3) is 0 Å². The summed E-state index contributed by atoms with van der Waals surface area (Å²) in [5, 5.41) is 0. The van der Waals surface area contributed by atoms with Gasteiger partial charge in [0.1, 0.15) is 5.82 Å². The third-order valence-corrected chi connectivity index (χ3v) is 2.86. The second-order valence-electron chi connectivity index (χ2n) is 3.73. The van der Waals surface area contributed by atoms with Crippen molar-refractivity contribution >= 4 is 12.2 Å². The molecule has 0 radical (unpaired) electrons. The van der Waals surface area contributed by atoms with E-state index in [-0.39, 0.29) is 5.82 Å². The molecule has 0 aliphatic rings. The van der Waals surface area contributed by atoms with Crippen molar-refractivity contribution in [2.24, 2.45) is 0 Å². The van der Waals surface area contributed by atoms with Crippen molar-refractivity contribution in [3.8, 4) is 5.69 Å². The van der Waals surface area contributed by atoms with Gasteiger partial charge in [-0.1, -0.05) is 13.0 Å². The van der Waals surface area contributed by atoms with Crippen LogP contribution in [-0.4, -0.2) is 9.55 Å². The first kappa shape index (κ1) is 11.1. The first-order valence-corrected chi connectivity index (χ1v) is 5.60. The van der Waals surface area contributed by atoms with Crippen LogP contribution in [-0.2, 0) is 6.42 Å². The zero-order valence-corrected chi connectivity index (χ0v) is 10.1. The maximum Gasteiger partial charge on any atom is 0.182 e. The fraction of sp³-hybridized carbons (Fsp3) is 0.250. The van der Waals surface area contributed by atoms with Crippen LogP contribution in [0, 0.1) is 17.5 Å². The van der Waals surface area contributed by atoms with Gasteiger partial charge in [-0.15, -0.1) is 0 Å². The second-order valence-corrected chi connectivity index (χ2v) is 4.12. The van der Waals surface area contributed by atoms with Crippen LogP contribution in [0.25, 0.3) is 5.69 Å². The van der Waals surface area contributed by atoms with Gasteiger partial charge in [-0.3, -0.25) is 4.57 Å². The Bertz CT molecular complexity index is 569. The van der Waals surface area contributed by atoms with Crippen LogP contribution in [0.1, 0.15) is 18.2 Å². The fourth-order valence-corrected chi connectivity index (χ4v) is 2.00. The standard InChI is InChI=1S/C12H13FN2S/c1-3-9-7-14-12(16)15(9)11-6-8(2)4-5-10(11)13/h4-7H,3H2,1-2H3,(H,14,16). The molecule has 0 bridgehead atoms. The minimum absolute atomic E-state index is 0.254. The highest BCUT2D eigenvalue weighted by Gasteiger charge is 2.09. The van der Waals surface area contributed by atoms with Crippen molar-refractivity contribution in [1.29, 1.82) is 0 Å². The van der Waals surface area contributed by atoms with E-state index in [0.29, 0.717) is 10.5 Å². The summed E-state index contributed by atoms with van der Waals surface area (Å²) >= 11 is 5.16. The Kier molecular flexibility index (Phi) is 2.92. The molecule has 0 saturated carbocycles. The number of benzene rings is 1. The van der Waals surface area contributed by atoms with Crippen LogP contribution in [0.4, 0.5) is 4.39 Å². The Balaban J connectivity index is 2.71. The second kappa shape index (κ2) is 4.22. The van der Waals surface area contributed by atoms with Crippen molar-refractivity contribution in [2.45, 2.75) is 20.3 Å². The molecule has 2 aromatic rings. The van der Waals surface area contributed by atoms with Crippen LogP contribution < -0.4 is 0 Å².